The van der Waals surface area contributed by atoms with Crippen molar-refractivity contribution in [3.05, 3.63) is 39.3 Å². The Morgan fingerprint density at radius 3 is 2.74 bits per heavy atom. The van der Waals surface area contributed by atoms with E-state index < -0.39 is 0 Å². The van der Waals surface area contributed by atoms with Gasteiger partial charge in [0.2, 0.25) is 5.13 Å². The highest BCUT2D eigenvalue weighted by Gasteiger charge is 2.09. The number of aromatic nitrogens is 2. The van der Waals surface area contributed by atoms with E-state index in [1.807, 2.05) is 12.1 Å². The number of nitrogens with one attached hydrogen (secondary N) is 1. The second-order valence-electron chi connectivity index (χ2n) is 4.07. The van der Waals surface area contributed by atoms with Crippen molar-refractivity contribution in [2.24, 2.45) is 0 Å². The molecule has 0 spiro atoms. The number of rotatable bonds is 5. The molecule has 1 heterocycles. The molecule has 0 saturated heterocycles. The summed E-state index contributed by atoms with van der Waals surface area (Å²) in [5, 5.41) is 12.3. The Balaban J connectivity index is 1.98. The maximum atomic E-state index is 12.0. The van der Waals surface area contributed by atoms with Crippen LogP contribution >= 0.6 is 27.3 Å². The molecule has 100 valence electrons. The van der Waals surface area contributed by atoms with Gasteiger partial charge in [-0.1, -0.05) is 40.6 Å². The van der Waals surface area contributed by atoms with E-state index in [0.717, 1.165) is 28.7 Å². The minimum Gasteiger partial charge on any atom is -0.296 e. The van der Waals surface area contributed by atoms with Crippen molar-refractivity contribution >= 4 is 38.3 Å². The number of unbranched alkanes of at least 4 members (excludes halogenated alkanes) is 1. The van der Waals surface area contributed by atoms with Crippen molar-refractivity contribution < 1.29 is 4.79 Å². The van der Waals surface area contributed by atoms with E-state index in [1.54, 1.807) is 12.1 Å². The van der Waals surface area contributed by atoms with E-state index in [9.17, 15) is 4.79 Å². The minimum absolute atomic E-state index is 0.161. The number of nitrogens with zero attached hydrogens (tertiary/aromatic N) is 2. The van der Waals surface area contributed by atoms with Gasteiger partial charge in [0.05, 0.1) is 0 Å². The molecule has 0 bridgehead atoms. The first-order chi connectivity index (χ1) is 9.19. The lowest BCUT2D eigenvalue weighted by atomic mass is 10.2. The number of hydrogen-bond donors (Lipinski definition) is 1. The van der Waals surface area contributed by atoms with Gasteiger partial charge in [-0.15, -0.1) is 10.2 Å². The number of carbonyl (C=O) groups excluding carboxylic acids is 1. The van der Waals surface area contributed by atoms with E-state index >= 15 is 0 Å². The molecule has 1 aromatic heterocycles. The van der Waals surface area contributed by atoms with Crippen LogP contribution in [0.4, 0.5) is 5.13 Å². The fourth-order valence-corrected chi connectivity index (χ4v) is 2.54. The lowest BCUT2D eigenvalue weighted by Crippen LogP contribution is -2.11. The van der Waals surface area contributed by atoms with Gasteiger partial charge in [0, 0.05) is 16.5 Å². The van der Waals surface area contributed by atoms with Crippen molar-refractivity contribution in [2.45, 2.75) is 26.2 Å². The first-order valence-electron chi connectivity index (χ1n) is 6.08. The highest BCUT2D eigenvalue weighted by atomic mass is 79.9. The Morgan fingerprint density at radius 1 is 1.32 bits per heavy atom. The zero-order valence-corrected chi connectivity index (χ0v) is 12.9. The third kappa shape index (κ3) is 4.11. The predicted octanol–water partition coefficient (Wildman–Crippen LogP) is 3.90. The largest absolute Gasteiger partial charge is 0.296 e. The highest BCUT2D eigenvalue weighted by Crippen LogP contribution is 2.18. The van der Waals surface area contributed by atoms with E-state index in [4.69, 9.17) is 0 Å². The van der Waals surface area contributed by atoms with Crippen LogP contribution in [0.5, 0.6) is 0 Å². The summed E-state index contributed by atoms with van der Waals surface area (Å²) in [7, 11) is 0. The fourth-order valence-electron chi connectivity index (χ4n) is 1.50. The number of aryl methyl sites for hydroxylation is 1. The molecule has 2 rings (SSSR count). The van der Waals surface area contributed by atoms with Crippen molar-refractivity contribution in [3.8, 4) is 0 Å². The summed E-state index contributed by atoms with van der Waals surface area (Å²) < 4.78 is 0.946. The average Bonchev–Trinajstić information content (AvgIpc) is 2.84. The first-order valence-corrected chi connectivity index (χ1v) is 7.69. The van der Waals surface area contributed by atoms with Crippen LogP contribution in [0.15, 0.2) is 28.7 Å². The van der Waals surface area contributed by atoms with Gasteiger partial charge in [0.15, 0.2) is 0 Å². The molecule has 4 nitrogen and oxygen atoms in total. The van der Waals surface area contributed by atoms with Gasteiger partial charge in [-0.05, 0) is 30.7 Å². The SMILES string of the molecule is CCCCc1nnc(NC(=O)c2ccc(Br)cc2)s1. The highest BCUT2D eigenvalue weighted by molar-refractivity contribution is 9.10. The Bertz CT molecular complexity index is 553. The van der Waals surface area contributed by atoms with Crippen LogP contribution in [0, 0.1) is 0 Å². The Morgan fingerprint density at radius 2 is 2.05 bits per heavy atom. The van der Waals surface area contributed by atoms with Crippen LogP contribution in [-0.4, -0.2) is 16.1 Å². The second kappa shape index (κ2) is 6.77. The molecule has 2 aromatic rings. The molecule has 0 fully saturated rings. The summed E-state index contributed by atoms with van der Waals surface area (Å²) in [6, 6.07) is 7.19. The molecule has 19 heavy (non-hydrogen) atoms. The van der Waals surface area contributed by atoms with Gasteiger partial charge in [-0.3, -0.25) is 10.1 Å². The molecule has 0 radical (unpaired) electrons. The zero-order valence-electron chi connectivity index (χ0n) is 10.5. The van der Waals surface area contributed by atoms with Crippen molar-refractivity contribution in [1.82, 2.24) is 10.2 Å². The Hall–Kier alpha value is -1.27. The predicted molar refractivity (Wildman–Crippen MR) is 80.6 cm³/mol. The zero-order chi connectivity index (χ0) is 13.7. The minimum atomic E-state index is -0.161. The molecule has 0 atom stereocenters. The number of benzene rings is 1. The van der Waals surface area contributed by atoms with Gasteiger partial charge in [-0.2, -0.15) is 0 Å². The van der Waals surface area contributed by atoms with Crippen molar-refractivity contribution in [1.29, 1.82) is 0 Å². The van der Waals surface area contributed by atoms with Gasteiger partial charge < -0.3 is 0 Å². The lowest BCUT2D eigenvalue weighted by molar-refractivity contribution is 0.102. The van der Waals surface area contributed by atoms with Gasteiger partial charge >= 0.3 is 0 Å². The van der Waals surface area contributed by atoms with E-state index in [-0.39, 0.29) is 5.91 Å². The molecule has 1 N–H and O–H groups in total. The van der Waals surface area contributed by atoms with Crippen LogP contribution < -0.4 is 5.32 Å². The van der Waals surface area contributed by atoms with Crippen LogP contribution in [0.2, 0.25) is 0 Å². The molecule has 0 aliphatic heterocycles. The summed E-state index contributed by atoms with van der Waals surface area (Å²) in [6.45, 7) is 2.14. The van der Waals surface area contributed by atoms with Gasteiger partial charge in [0.25, 0.3) is 5.91 Å². The first kappa shape index (κ1) is 14.1. The monoisotopic (exact) mass is 339 g/mol. The second-order valence-corrected chi connectivity index (χ2v) is 6.04. The smallest absolute Gasteiger partial charge is 0.257 e. The number of carbonyl (C=O) groups is 1. The molecule has 0 aliphatic rings. The third-order valence-electron chi connectivity index (χ3n) is 2.54. The van der Waals surface area contributed by atoms with Crippen LogP contribution in [0.1, 0.15) is 35.1 Å². The topological polar surface area (TPSA) is 54.9 Å². The number of hydrogen-bond acceptors (Lipinski definition) is 4. The van der Waals surface area contributed by atoms with Crippen LogP contribution in [-0.2, 0) is 6.42 Å². The van der Waals surface area contributed by atoms with E-state index in [1.165, 1.54) is 11.3 Å². The number of anilines is 1. The summed E-state index contributed by atoms with van der Waals surface area (Å²) in [5.41, 5.74) is 0.605. The van der Waals surface area contributed by atoms with Gasteiger partial charge in [0.1, 0.15) is 5.01 Å². The van der Waals surface area contributed by atoms with Crippen LogP contribution in [0.3, 0.4) is 0 Å². The summed E-state index contributed by atoms with van der Waals surface area (Å²) in [4.78, 5) is 12.0. The van der Waals surface area contributed by atoms with Gasteiger partial charge in [-0.25, -0.2) is 0 Å². The molecule has 0 aliphatic carbocycles. The van der Waals surface area contributed by atoms with Crippen molar-refractivity contribution in [3.63, 3.8) is 0 Å². The standard InChI is InChI=1S/C13H14BrN3OS/c1-2-3-4-11-16-17-13(19-11)15-12(18)9-5-7-10(14)8-6-9/h5-8H,2-4H2,1H3,(H,15,17,18). The Labute approximate surface area is 124 Å². The Kier molecular flexibility index (Phi) is 5.04. The lowest BCUT2D eigenvalue weighted by Gasteiger charge is -2.00. The third-order valence-corrected chi connectivity index (χ3v) is 3.97. The molecule has 6 heteroatoms. The van der Waals surface area contributed by atoms with Crippen LogP contribution in [0.25, 0.3) is 0 Å². The molecular weight excluding hydrogens is 326 g/mol. The summed E-state index contributed by atoms with van der Waals surface area (Å²) >= 11 is 4.77. The quantitative estimate of drug-likeness (QED) is 0.898. The van der Waals surface area contributed by atoms with E-state index in [0.29, 0.717) is 10.7 Å². The maximum Gasteiger partial charge on any atom is 0.257 e. The molecule has 1 amide bonds. The summed E-state index contributed by atoms with van der Waals surface area (Å²) in [5.74, 6) is -0.161. The molecular formula is C13H14BrN3OS. The normalized spacial score (nSPS) is 10.4. The number of halogens is 1. The fraction of sp³-hybridized carbons (Fsp3) is 0.308. The average molecular weight is 340 g/mol. The molecule has 1 aromatic carbocycles. The molecule has 0 unspecified atom stereocenters. The maximum absolute atomic E-state index is 12.0. The number of amides is 1. The molecule has 0 saturated carbocycles. The van der Waals surface area contributed by atoms with Crippen molar-refractivity contribution in [2.75, 3.05) is 5.32 Å². The van der Waals surface area contributed by atoms with E-state index in [2.05, 4.69) is 38.4 Å². The summed E-state index contributed by atoms with van der Waals surface area (Å²) in [6.07, 6.45) is 3.14.